The van der Waals surface area contributed by atoms with Crippen LogP contribution in [0.1, 0.15) is 76.7 Å². The van der Waals surface area contributed by atoms with Crippen LogP contribution in [0.2, 0.25) is 0 Å². The zero-order chi connectivity index (χ0) is 25.5. The van der Waals surface area contributed by atoms with Crippen molar-refractivity contribution in [2.75, 3.05) is 13.2 Å². The second-order valence-corrected chi connectivity index (χ2v) is 11.7. The first-order valence-electron chi connectivity index (χ1n) is 14.2. The molecule has 0 radical (unpaired) electrons. The third kappa shape index (κ3) is 4.97. The number of hydrogen-bond donors (Lipinski definition) is 1. The van der Waals surface area contributed by atoms with Crippen LogP contribution in [0.25, 0.3) is 0 Å². The summed E-state index contributed by atoms with van der Waals surface area (Å²) in [6.07, 6.45) is 7.43. The first kappa shape index (κ1) is 25.7. The molecule has 0 aromatic heterocycles. The first-order chi connectivity index (χ1) is 17.9. The minimum absolute atomic E-state index is 0.247. The van der Waals surface area contributed by atoms with E-state index >= 15 is 0 Å². The molecule has 6 atom stereocenters. The summed E-state index contributed by atoms with van der Waals surface area (Å²) >= 11 is 0. The summed E-state index contributed by atoms with van der Waals surface area (Å²) in [6, 6.07) is 9.85. The average molecular weight is 517 g/mol. The highest BCUT2D eigenvalue weighted by Gasteiger charge is 2.68. The maximum atomic E-state index is 13.0. The fourth-order valence-corrected chi connectivity index (χ4v) is 6.81. The van der Waals surface area contributed by atoms with Crippen LogP contribution >= 0.6 is 0 Å². The molecular formula is C29H40O8. The molecule has 1 aromatic rings. The van der Waals surface area contributed by atoms with Crippen molar-refractivity contribution in [3.05, 3.63) is 35.9 Å². The number of aliphatic hydroxyl groups is 1. The number of benzene rings is 1. The zero-order valence-electron chi connectivity index (χ0n) is 21.8. The van der Waals surface area contributed by atoms with Crippen LogP contribution < -0.4 is 0 Å². The van der Waals surface area contributed by atoms with E-state index in [2.05, 4.69) is 0 Å². The Hall–Kier alpha value is -1.55. The Morgan fingerprint density at radius 2 is 1.62 bits per heavy atom. The molecule has 8 heteroatoms. The molecular weight excluding hydrogens is 476 g/mol. The number of fused-ring (bicyclic) bond motifs is 1. The monoisotopic (exact) mass is 516 g/mol. The maximum absolute atomic E-state index is 13.0. The molecule has 6 rings (SSSR count). The molecule has 0 amide bonds. The van der Waals surface area contributed by atoms with Crippen molar-refractivity contribution in [1.29, 1.82) is 0 Å². The highest BCUT2D eigenvalue weighted by Crippen LogP contribution is 2.51. The summed E-state index contributed by atoms with van der Waals surface area (Å²) in [7, 11) is 0. The summed E-state index contributed by atoms with van der Waals surface area (Å²) in [4.78, 5) is 13.0. The van der Waals surface area contributed by atoms with Crippen molar-refractivity contribution in [3.8, 4) is 0 Å². The smallest absolute Gasteiger partial charge is 0.309 e. The molecule has 5 fully saturated rings. The second-order valence-electron chi connectivity index (χ2n) is 11.7. The van der Waals surface area contributed by atoms with E-state index < -0.39 is 41.8 Å². The average Bonchev–Trinajstić information content (AvgIpc) is 3.55. The number of hydrogen-bond acceptors (Lipinski definition) is 8. The fraction of sp³-hybridized carbons (Fsp3) is 0.759. The van der Waals surface area contributed by atoms with Crippen molar-refractivity contribution >= 4 is 5.97 Å². The van der Waals surface area contributed by atoms with Crippen LogP contribution in [0.4, 0.5) is 0 Å². The molecule has 3 heterocycles. The summed E-state index contributed by atoms with van der Waals surface area (Å²) in [5.74, 6) is -2.07. The molecule has 2 saturated carbocycles. The van der Waals surface area contributed by atoms with E-state index in [0.29, 0.717) is 13.0 Å². The minimum atomic E-state index is -1.61. The van der Waals surface area contributed by atoms with Crippen molar-refractivity contribution < 1.29 is 38.3 Å². The standard InChI is InChI=1S/C29H40O8/c1-20(17-21-11-5-2-6-12-21)25(30)32-19-29(31)23(22-18-33-27(35-22)13-7-3-8-14-27)34-26-24(29)36-28(37-26)15-9-4-10-16-28/h2,5-6,11-12,20,22-24,26,31H,3-4,7-10,13-19H2,1H3/t20-,22-,23-,24+,26-,29+/m1/s1. The number of esters is 1. The predicted octanol–water partition coefficient (Wildman–Crippen LogP) is 4.02. The van der Waals surface area contributed by atoms with Crippen molar-refractivity contribution in [2.45, 2.75) is 119 Å². The van der Waals surface area contributed by atoms with Gasteiger partial charge in [-0.1, -0.05) is 50.1 Å². The third-order valence-corrected chi connectivity index (χ3v) is 8.86. The minimum Gasteiger partial charge on any atom is -0.462 e. The first-order valence-corrected chi connectivity index (χ1v) is 14.2. The SMILES string of the molecule is C[C@H](Cc1ccccc1)C(=O)OC[C@]1(O)[C@@H]([C@H]2COC3(CCCCC3)O2)O[C@@H]2OC3(CCCCC3)O[C@@H]21. The fourth-order valence-electron chi connectivity index (χ4n) is 6.81. The lowest BCUT2D eigenvalue weighted by Crippen LogP contribution is -2.57. The van der Waals surface area contributed by atoms with Gasteiger partial charge in [0.25, 0.3) is 0 Å². The molecule has 3 saturated heterocycles. The van der Waals surface area contributed by atoms with Crippen LogP contribution in [0.3, 0.4) is 0 Å². The molecule has 204 valence electrons. The van der Waals surface area contributed by atoms with Crippen LogP contribution in [-0.2, 0) is 39.6 Å². The van der Waals surface area contributed by atoms with E-state index in [1.54, 1.807) is 0 Å². The van der Waals surface area contributed by atoms with Crippen molar-refractivity contribution in [2.24, 2.45) is 5.92 Å². The van der Waals surface area contributed by atoms with Gasteiger partial charge in [-0.25, -0.2) is 0 Å². The molecule has 0 unspecified atom stereocenters. The molecule has 5 aliphatic rings. The van der Waals surface area contributed by atoms with E-state index in [4.69, 9.17) is 28.4 Å². The van der Waals surface area contributed by atoms with Gasteiger partial charge in [0.15, 0.2) is 23.5 Å². The van der Waals surface area contributed by atoms with Gasteiger partial charge in [0.2, 0.25) is 0 Å². The molecule has 2 spiro atoms. The normalized spacial score (nSPS) is 37.0. The van der Waals surface area contributed by atoms with Gasteiger partial charge in [-0.3, -0.25) is 4.79 Å². The lowest BCUT2D eigenvalue weighted by Gasteiger charge is -2.39. The molecule has 37 heavy (non-hydrogen) atoms. The molecule has 1 aromatic carbocycles. The van der Waals surface area contributed by atoms with Gasteiger partial charge in [-0.2, -0.15) is 0 Å². The van der Waals surface area contributed by atoms with Gasteiger partial charge < -0.3 is 33.5 Å². The van der Waals surface area contributed by atoms with E-state index in [-0.39, 0.29) is 18.5 Å². The summed E-state index contributed by atoms with van der Waals surface area (Å²) in [5, 5.41) is 12.2. The molecule has 0 bridgehead atoms. The Morgan fingerprint density at radius 3 is 2.32 bits per heavy atom. The Morgan fingerprint density at radius 1 is 0.946 bits per heavy atom. The second kappa shape index (κ2) is 10.2. The van der Waals surface area contributed by atoms with Gasteiger partial charge in [-0.05, 0) is 37.7 Å². The summed E-state index contributed by atoms with van der Waals surface area (Å²) in [6.45, 7) is 1.91. The topological polar surface area (TPSA) is 92.7 Å². The van der Waals surface area contributed by atoms with Gasteiger partial charge in [0.1, 0.15) is 24.9 Å². The quantitative estimate of drug-likeness (QED) is 0.567. The number of carbonyl (C=O) groups excluding carboxylic acids is 1. The number of rotatable bonds is 6. The van der Waals surface area contributed by atoms with E-state index in [9.17, 15) is 9.90 Å². The lowest BCUT2D eigenvalue weighted by molar-refractivity contribution is -0.276. The Kier molecular flexibility index (Phi) is 7.09. The maximum Gasteiger partial charge on any atom is 0.309 e. The third-order valence-electron chi connectivity index (χ3n) is 8.86. The molecule has 3 aliphatic heterocycles. The summed E-state index contributed by atoms with van der Waals surface area (Å²) in [5.41, 5.74) is -0.545. The molecule has 2 aliphatic carbocycles. The van der Waals surface area contributed by atoms with Gasteiger partial charge in [0, 0.05) is 25.7 Å². The Balaban J connectivity index is 1.18. The van der Waals surface area contributed by atoms with Crippen LogP contribution in [0, 0.1) is 5.92 Å². The van der Waals surface area contributed by atoms with Crippen LogP contribution in [0.15, 0.2) is 30.3 Å². The predicted molar refractivity (Wildman–Crippen MR) is 132 cm³/mol. The highest BCUT2D eigenvalue weighted by atomic mass is 16.8. The molecule has 8 nitrogen and oxygen atoms in total. The Bertz CT molecular complexity index is 940. The van der Waals surface area contributed by atoms with E-state index in [1.165, 1.54) is 6.42 Å². The van der Waals surface area contributed by atoms with Crippen molar-refractivity contribution in [3.63, 3.8) is 0 Å². The van der Waals surface area contributed by atoms with Gasteiger partial charge in [-0.15, -0.1) is 0 Å². The van der Waals surface area contributed by atoms with E-state index in [0.717, 1.165) is 63.4 Å². The van der Waals surface area contributed by atoms with Crippen molar-refractivity contribution in [1.82, 2.24) is 0 Å². The Labute approximate surface area is 218 Å². The van der Waals surface area contributed by atoms with Crippen LogP contribution in [-0.4, -0.2) is 66.1 Å². The largest absolute Gasteiger partial charge is 0.462 e. The summed E-state index contributed by atoms with van der Waals surface area (Å²) < 4.78 is 37.5. The highest BCUT2D eigenvalue weighted by molar-refractivity contribution is 5.72. The van der Waals surface area contributed by atoms with Gasteiger partial charge >= 0.3 is 5.97 Å². The van der Waals surface area contributed by atoms with Gasteiger partial charge in [0.05, 0.1) is 12.5 Å². The molecule has 1 N–H and O–H groups in total. The lowest BCUT2D eigenvalue weighted by atomic mass is 9.89. The van der Waals surface area contributed by atoms with E-state index in [1.807, 2.05) is 37.3 Å². The number of ether oxygens (including phenoxy) is 6. The zero-order valence-corrected chi connectivity index (χ0v) is 21.8. The van der Waals surface area contributed by atoms with Crippen LogP contribution in [0.5, 0.6) is 0 Å². The number of carbonyl (C=O) groups is 1.